The Kier molecular flexibility index (Phi) is 7.27. The van der Waals surface area contributed by atoms with Gasteiger partial charge in [0.05, 0.1) is 22.8 Å². The second kappa shape index (κ2) is 10.2. The number of halogens is 3. The molecule has 4 rings (SSSR count). The van der Waals surface area contributed by atoms with E-state index in [2.05, 4.69) is 9.97 Å². The monoisotopic (exact) mass is 520 g/mol. The highest BCUT2D eigenvalue weighted by Gasteiger charge is 2.34. The van der Waals surface area contributed by atoms with Crippen molar-refractivity contribution in [3.8, 4) is 11.3 Å². The van der Waals surface area contributed by atoms with Crippen molar-refractivity contribution in [2.45, 2.75) is 18.0 Å². The molecule has 0 atom stereocenters. The van der Waals surface area contributed by atoms with E-state index in [4.69, 9.17) is 4.74 Å². The molecule has 0 N–H and O–H groups in total. The summed E-state index contributed by atoms with van der Waals surface area (Å²) in [6.45, 7) is 2.38. The fourth-order valence-corrected chi connectivity index (χ4v) is 5.28. The van der Waals surface area contributed by atoms with Gasteiger partial charge in [-0.15, -0.1) is 0 Å². The Morgan fingerprint density at radius 1 is 1.03 bits per heavy atom. The van der Waals surface area contributed by atoms with Crippen LogP contribution in [0.3, 0.4) is 0 Å². The van der Waals surface area contributed by atoms with Crippen LogP contribution in [-0.2, 0) is 20.9 Å². The van der Waals surface area contributed by atoms with Crippen molar-refractivity contribution in [2.75, 3.05) is 37.7 Å². The van der Waals surface area contributed by atoms with E-state index in [1.807, 2.05) is 18.2 Å². The van der Waals surface area contributed by atoms with Crippen molar-refractivity contribution >= 4 is 21.9 Å². The molecular formula is C24H23F3N4O4S. The number of carbonyl (C=O) groups is 1. The molecule has 12 heteroatoms. The number of piperazine rings is 1. The molecule has 1 aliphatic heterocycles. The van der Waals surface area contributed by atoms with E-state index in [1.165, 1.54) is 6.20 Å². The first kappa shape index (κ1) is 25.6. The first-order valence-corrected chi connectivity index (χ1v) is 12.6. The van der Waals surface area contributed by atoms with E-state index in [0.29, 0.717) is 23.3 Å². The lowest BCUT2D eigenvalue weighted by Gasteiger charge is -2.34. The summed E-state index contributed by atoms with van der Waals surface area (Å²) in [5.74, 6) is -0.252. The van der Waals surface area contributed by atoms with Crippen LogP contribution >= 0.6 is 0 Å². The average Bonchev–Trinajstić information content (AvgIpc) is 2.88. The molecule has 2 aromatic carbocycles. The standard InChI is InChI=1S/C24H23F3N4O4S/c1-2-35-22(32)20-16-28-23(29-21(20)17-7-4-3-5-8-17)30-11-13-31(14-12-30)36(33,34)19-10-6-9-18(15-19)24(25,26)27/h3-10,15-16H,2,11-14H2,1H3. The summed E-state index contributed by atoms with van der Waals surface area (Å²) >= 11 is 0. The number of sulfonamides is 1. The molecule has 0 amide bonds. The molecular weight excluding hydrogens is 497 g/mol. The zero-order chi connectivity index (χ0) is 25.9. The molecule has 1 aliphatic rings. The zero-order valence-corrected chi connectivity index (χ0v) is 20.1. The van der Waals surface area contributed by atoms with Crippen LogP contribution in [0, 0.1) is 0 Å². The summed E-state index contributed by atoms with van der Waals surface area (Å²) in [4.78, 5) is 22.7. The van der Waals surface area contributed by atoms with Crippen molar-refractivity contribution in [1.82, 2.24) is 14.3 Å². The minimum absolute atomic E-state index is 0.0300. The van der Waals surface area contributed by atoms with Gasteiger partial charge in [0.15, 0.2) is 0 Å². The molecule has 0 bridgehead atoms. The summed E-state index contributed by atoms with van der Waals surface area (Å²) in [5, 5.41) is 0. The number of esters is 1. The summed E-state index contributed by atoms with van der Waals surface area (Å²) in [6.07, 6.45) is -3.26. The Morgan fingerprint density at radius 3 is 2.36 bits per heavy atom. The van der Waals surface area contributed by atoms with Crippen LogP contribution in [0.25, 0.3) is 11.3 Å². The third-order valence-corrected chi connectivity index (χ3v) is 7.53. The van der Waals surface area contributed by atoms with Crippen molar-refractivity contribution in [3.05, 3.63) is 71.9 Å². The number of hydrogen-bond donors (Lipinski definition) is 0. The number of rotatable bonds is 6. The molecule has 1 fully saturated rings. The first-order valence-electron chi connectivity index (χ1n) is 11.1. The number of aromatic nitrogens is 2. The van der Waals surface area contributed by atoms with E-state index >= 15 is 0 Å². The van der Waals surface area contributed by atoms with Crippen LogP contribution in [0.4, 0.5) is 19.1 Å². The third-order valence-electron chi connectivity index (χ3n) is 5.64. The number of nitrogens with zero attached hydrogens (tertiary/aromatic N) is 4. The van der Waals surface area contributed by atoms with Crippen molar-refractivity contribution < 1.29 is 31.1 Å². The van der Waals surface area contributed by atoms with Crippen LogP contribution in [0.1, 0.15) is 22.8 Å². The topological polar surface area (TPSA) is 92.7 Å². The Labute approximate surface area is 206 Å². The smallest absolute Gasteiger partial charge is 0.416 e. The summed E-state index contributed by atoms with van der Waals surface area (Å²) in [6, 6.07) is 12.8. The third kappa shape index (κ3) is 5.34. The number of benzene rings is 2. The lowest BCUT2D eigenvalue weighted by Crippen LogP contribution is -2.49. The molecule has 0 aliphatic carbocycles. The molecule has 0 saturated carbocycles. The Bertz CT molecular complexity index is 1340. The highest BCUT2D eigenvalue weighted by molar-refractivity contribution is 7.89. The van der Waals surface area contributed by atoms with Gasteiger partial charge >= 0.3 is 12.1 Å². The highest BCUT2D eigenvalue weighted by atomic mass is 32.2. The molecule has 0 unspecified atom stereocenters. The second-order valence-corrected chi connectivity index (χ2v) is 9.87. The molecule has 2 heterocycles. The van der Waals surface area contributed by atoms with E-state index < -0.39 is 32.6 Å². The molecule has 1 saturated heterocycles. The molecule has 0 radical (unpaired) electrons. The maximum atomic E-state index is 13.1. The number of hydrogen-bond acceptors (Lipinski definition) is 7. The SMILES string of the molecule is CCOC(=O)c1cnc(N2CCN(S(=O)(=O)c3cccc(C(F)(F)F)c3)CC2)nc1-c1ccccc1. The van der Waals surface area contributed by atoms with Crippen LogP contribution in [0.2, 0.25) is 0 Å². The molecule has 1 aromatic heterocycles. The average molecular weight is 521 g/mol. The highest BCUT2D eigenvalue weighted by Crippen LogP contribution is 2.31. The fourth-order valence-electron chi connectivity index (χ4n) is 3.81. The minimum atomic E-state index is -4.65. The van der Waals surface area contributed by atoms with Crippen molar-refractivity contribution in [2.24, 2.45) is 0 Å². The number of ether oxygens (including phenoxy) is 1. The van der Waals surface area contributed by atoms with E-state index in [0.717, 1.165) is 22.5 Å². The summed E-state index contributed by atoms with van der Waals surface area (Å²) in [5.41, 5.74) is 0.260. The minimum Gasteiger partial charge on any atom is -0.462 e. The predicted octanol–water partition coefficient (Wildman–Crippen LogP) is 3.85. The number of carbonyl (C=O) groups excluding carboxylic acids is 1. The van der Waals surface area contributed by atoms with Gasteiger partial charge in [0.2, 0.25) is 16.0 Å². The predicted molar refractivity (Wildman–Crippen MR) is 126 cm³/mol. The first-order chi connectivity index (χ1) is 17.1. The van der Waals surface area contributed by atoms with Gasteiger partial charge in [-0.05, 0) is 25.1 Å². The van der Waals surface area contributed by atoms with Gasteiger partial charge in [-0.25, -0.2) is 23.2 Å². The Balaban J connectivity index is 1.55. The normalized spacial score (nSPS) is 15.1. The van der Waals surface area contributed by atoms with Crippen molar-refractivity contribution in [3.63, 3.8) is 0 Å². The van der Waals surface area contributed by atoms with Crippen LogP contribution in [0.15, 0.2) is 65.7 Å². The van der Waals surface area contributed by atoms with Crippen LogP contribution in [-0.4, -0.2) is 61.4 Å². The van der Waals surface area contributed by atoms with Gasteiger partial charge in [0.1, 0.15) is 5.56 Å². The van der Waals surface area contributed by atoms with E-state index in [-0.39, 0.29) is 38.3 Å². The molecule has 0 spiro atoms. The summed E-state index contributed by atoms with van der Waals surface area (Å²) < 4.78 is 71.4. The van der Waals surface area contributed by atoms with Gasteiger partial charge in [0.25, 0.3) is 0 Å². The lowest BCUT2D eigenvalue weighted by atomic mass is 10.1. The largest absolute Gasteiger partial charge is 0.462 e. The zero-order valence-electron chi connectivity index (χ0n) is 19.3. The second-order valence-electron chi connectivity index (χ2n) is 7.94. The molecule has 36 heavy (non-hydrogen) atoms. The van der Waals surface area contributed by atoms with Gasteiger partial charge in [0, 0.05) is 37.9 Å². The number of anilines is 1. The van der Waals surface area contributed by atoms with E-state index in [9.17, 15) is 26.4 Å². The Hall–Kier alpha value is -3.51. The molecule has 190 valence electrons. The van der Waals surface area contributed by atoms with Gasteiger partial charge < -0.3 is 9.64 Å². The lowest BCUT2D eigenvalue weighted by molar-refractivity contribution is -0.137. The maximum absolute atomic E-state index is 13.1. The van der Waals surface area contributed by atoms with Crippen LogP contribution < -0.4 is 4.90 Å². The maximum Gasteiger partial charge on any atom is 0.416 e. The fraction of sp³-hybridized carbons (Fsp3) is 0.292. The van der Waals surface area contributed by atoms with Gasteiger partial charge in [-0.1, -0.05) is 36.4 Å². The number of alkyl halides is 3. The quantitative estimate of drug-likeness (QED) is 0.456. The van der Waals surface area contributed by atoms with Gasteiger partial charge in [-0.3, -0.25) is 0 Å². The van der Waals surface area contributed by atoms with Gasteiger partial charge in [-0.2, -0.15) is 17.5 Å². The van der Waals surface area contributed by atoms with Crippen molar-refractivity contribution in [1.29, 1.82) is 0 Å². The van der Waals surface area contributed by atoms with E-state index in [1.54, 1.807) is 24.0 Å². The Morgan fingerprint density at radius 2 is 1.72 bits per heavy atom. The van der Waals surface area contributed by atoms with Crippen LogP contribution in [0.5, 0.6) is 0 Å². The molecule has 8 nitrogen and oxygen atoms in total. The summed E-state index contributed by atoms with van der Waals surface area (Å²) in [7, 11) is -4.12. The molecule has 3 aromatic rings.